The van der Waals surface area contributed by atoms with Crippen LogP contribution in [0.3, 0.4) is 0 Å². The molecule has 1 aromatic heterocycles. The molecule has 0 spiro atoms. The smallest absolute Gasteiger partial charge is 0.407 e. The van der Waals surface area contributed by atoms with Crippen molar-refractivity contribution in [1.82, 2.24) is 9.88 Å². The number of nitrogens with one attached hydrogen (secondary N) is 1. The molecule has 2 heterocycles. The Labute approximate surface area is 178 Å². The molecule has 4 rings (SSSR count). The monoisotopic (exact) mass is 424 g/mol. The van der Waals surface area contributed by atoms with Crippen LogP contribution in [0.1, 0.15) is 24.8 Å². The zero-order valence-corrected chi connectivity index (χ0v) is 16.6. The van der Waals surface area contributed by atoms with Crippen molar-refractivity contribution < 1.29 is 23.8 Å². The number of aromatic nitrogens is 1. The second kappa shape index (κ2) is 8.60. The van der Waals surface area contributed by atoms with E-state index in [1.165, 1.54) is 0 Å². The van der Waals surface area contributed by atoms with E-state index in [2.05, 4.69) is 16.4 Å². The predicted octanol–water partition coefficient (Wildman–Crippen LogP) is 3.44. The Kier molecular flexibility index (Phi) is 5.71. The summed E-state index contributed by atoms with van der Waals surface area (Å²) in [5.41, 5.74) is 1.73. The Hall–Kier alpha value is -3.67. The van der Waals surface area contributed by atoms with E-state index in [0.717, 1.165) is 28.9 Å². The third-order valence-corrected chi connectivity index (χ3v) is 5.42. The number of piperidine rings is 1. The maximum Gasteiger partial charge on any atom is 0.407 e. The molecule has 2 amide bonds. The zero-order chi connectivity index (χ0) is 22.0. The van der Waals surface area contributed by atoms with Gasteiger partial charge >= 0.3 is 6.09 Å². The van der Waals surface area contributed by atoms with E-state index in [0.29, 0.717) is 5.82 Å². The molecule has 1 saturated carbocycles. The quantitative estimate of drug-likeness (QED) is 0.760. The number of carbonyl (C=O) groups excluding carboxylic acids is 1. The standard InChI is InChI=1S/C22H21FN4O4/c23-17-12-27(22(29)30)8-6-19(17)31-18-4-3-14(9-16(18)11-24)15-5-7-25-20(10-15)26-21(28)13-1-2-13/h3-5,7,9-10,13,17,19H,1-2,6,8,12H2,(H,29,30)(H,25,26,28)/t17-,19+/m1/s1. The van der Waals surface area contributed by atoms with Gasteiger partial charge in [0.15, 0.2) is 6.17 Å². The van der Waals surface area contributed by atoms with E-state index in [-0.39, 0.29) is 42.6 Å². The van der Waals surface area contributed by atoms with Gasteiger partial charge in [0.2, 0.25) is 5.91 Å². The number of pyridine rings is 1. The number of ether oxygens (including phenoxy) is 1. The Morgan fingerprint density at radius 2 is 2.00 bits per heavy atom. The van der Waals surface area contributed by atoms with Crippen LogP contribution in [0.15, 0.2) is 36.5 Å². The number of hydrogen-bond donors (Lipinski definition) is 2. The first kappa shape index (κ1) is 20.6. The molecule has 160 valence electrons. The number of likely N-dealkylation sites (tertiary alicyclic amines) is 1. The molecule has 1 saturated heterocycles. The summed E-state index contributed by atoms with van der Waals surface area (Å²) in [6.07, 6.45) is 0.120. The van der Waals surface area contributed by atoms with Gasteiger partial charge in [-0.15, -0.1) is 0 Å². The lowest BCUT2D eigenvalue weighted by Gasteiger charge is -2.33. The van der Waals surface area contributed by atoms with E-state index in [1.807, 2.05) is 0 Å². The summed E-state index contributed by atoms with van der Waals surface area (Å²) in [5.74, 6) is 0.715. The molecule has 0 unspecified atom stereocenters. The molecular weight excluding hydrogens is 403 g/mol. The second-order valence-corrected chi connectivity index (χ2v) is 7.71. The predicted molar refractivity (Wildman–Crippen MR) is 109 cm³/mol. The van der Waals surface area contributed by atoms with Crippen LogP contribution in [0.25, 0.3) is 11.1 Å². The Morgan fingerprint density at radius 1 is 1.23 bits per heavy atom. The molecule has 2 N–H and O–H groups in total. The lowest BCUT2D eigenvalue weighted by molar-refractivity contribution is -0.117. The van der Waals surface area contributed by atoms with Gasteiger partial charge < -0.3 is 20.1 Å². The highest BCUT2D eigenvalue weighted by atomic mass is 19.1. The second-order valence-electron chi connectivity index (χ2n) is 7.71. The van der Waals surface area contributed by atoms with Crippen molar-refractivity contribution in [1.29, 1.82) is 5.26 Å². The largest absolute Gasteiger partial charge is 0.486 e. The fourth-order valence-corrected chi connectivity index (χ4v) is 3.50. The highest BCUT2D eigenvalue weighted by Gasteiger charge is 2.33. The highest BCUT2D eigenvalue weighted by molar-refractivity contribution is 5.93. The number of halogens is 1. The van der Waals surface area contributed by atoms with Crippen LogP contribution in [-0.2, 0) is 4.79 Å². The number of alkyl halides is 1. The van der Waals surface area contributed by atoms with Crippen LogP contribution in [0.4, 0.5) is 15.0 Å². The average Bonchev–Trinajstić information content (AvgIpc) is 3.61. The lowest BCUT2D eigenvalue weighted by atomic mass is 10.0. The minimum Gasteiger partial charge on any atom is -0.486 e. The third-order valence-electron chi connectivity index (χ3n) is 5.42. The first-order valence-electron chi connectivity index (χ1n) is 10.0. The first-order chi connectivity index (χ1) is 14.9. The summed E-state index contributed by atoms with van der Waals surface area (Å²) in [6, 6.07) is 10.6. The summed E-state index contributed by atoms with van der Waals surface area (Å²) in [5, 5.41) is 21.4. The molecular formula is C22H21FN4O4. The summed E-state index contributed by atoms with van der Waals surface area (Å²) in [7, 11) is 0. The number of nitriles is 1. The van der Waals surface area contributed by atoms with Crippen molar-refractivity contribution in [2.75, 3.05) is 18.4 Å². The molecule has 1 aromatic carbocycles. The summed E-state index contributed by atoms with van der Waals surface area (Å²) in [6.45, 7) is -0.0842. The molecule has 0 radical (unpaired) electrons. The molecule has 2 aliphatic rings. The SMILES string of the molecule is N#Cc1cc(-c2ccnc(NC(=O)C3CC3)c2)ccc1O[C@H]1CCN(C(=O)O)C[C@H]1F. The van der Waals surface area contributed by atoms with Gasteiger partial charge in [-0.25, -0.2) is 14.2 Å². The van der Waals surface area contributed by atoms with Crippen molar-refractivity contribution in [2.45, 2.75) is 31.5 Å². The molecule has 2 aromatic rings. The zero-order valence-electron chi connectivity index (χ0n) is 16.6. The maximum absolute atomic E-state index is 14.4. The Morgan fingerprint density at radius 3 is 2.68 bits per heavy atom. The molecule has 0 bridgehead atoms. The summed E-state index contributed by atoms with van der Waals surface area (Å²) >= 11 is 0. The minimum atomic E-state index is -1.48. The number of carbonyl (C=O) groups is 2. The van der Waals surface area contributed by atoms with E-state index in [4.69, 9.17) is 9.84 Å². The molecule has 2 atom stereocenters. The fraction of sp³-hybridized carbons (Fsp3) is 0.364. The Balaban J connectivity index is 1.49. The van der Waals surface area contributed by atoms with Crippen LogP contribution in [0.2, 0.25) is 0 Å². The van der Waals surface area contributed by atoms with Crippen LogP contribution in [0, 0.1) is 17.2 Å². The van der Waals surface area contributed by atoms with Gasteiger partial charge in [-0.3, -0.25) is 4.79 Å². The number of anilines is 1. The average molecular weight is 424 g/mol. The number of rotatable bonds is 5. The molecule has 31 heavy (non-hydrogen) atoms. The van der Waals surface area contributed by atoms with Crippen molar-refractivity contribution in [3.63, 3.8) is 0 Å². The van der Waals surface area contributed by atoms with Crippen molar-refractivity contribution in [3.8, 4) is 22.9 Å². The minimum absolute atomic E-state index is 0.0409. The number of benzene rings is 1. The molecule has 2 fully saturated rings. The van der Waals surface area contributed by atoms with Crippen molar-refractivity contribution in [3.05, 3.63) is 42.1 Å². The van der Waals surface area contributed by atoms with E-state index < -0.39 is 18.4 Å². The van der Waals surface area contributed by atoms with E-state index in [9.17, 15) is 19.2 Å². The number of carboxylic acid groups (broad SMARTS) is 1. The summed E-state index contributed by atoms with van der Waals surface area (Å²) < 4.78 is 20.1. The van der Waals surface area contributed by atoms with Gasteiger partial charge in [0.05, 0.1) is 12.1 Å². The molecule has 1 aliphatic carbocycles. The Bertz CT molecular complexity index is 1050. The molecule has 1 aliphatic heterocycles. The fourth-order valence-electron chi connectivity index (χ4n) is 3.50. The lowest BCUT2D eigenvalue weighted by Crippen LogP contribution is -2.48. The van der Waals surface area contributed by atoms with E-state index >= 15 is 0 Å². The van der Waals surface area contributed by atoms with Crippen LogP contribution >= 0.6 is 0 Å². The molecule has 9 heteroatoms. The highest BCUT2D eigenvalue weighted by Crippen LogP contribution is 2.32. The van der Waals surface area contributed by atoms with Crippen LogP contribution < -0.4 is 10.1 Å². The summed E-state index contributed by atoms with van der Waals surface area (Å²) in [4.78, 5) is 28.2. The number of amides is 2. The first-order valence-corrected chi connectivity index (χ1v) is 10.0. The van der Waals surface area contributed by atoms with Gasteiger partial charge in [0, 0.05) is 25.1 Å². The van der Waals surface area contributed by atoms with E-state index in [1.54, 1.807) is 36.5 Å². The van der Waals surface area contributed by atoms with Gasteiger partial charge in [-0.1, -0.05) is 6.07 Å². The van der Waals surface area contributed by atoms with Gasteiger partial charge in [-0.05, 0) is 48.2 Å². The van der Waals surface area contributed by atoms with Gasteiger partial charge in [0.25, 0.3) is 0 Å². The van der Waals surface area contributed by atoms with Gasteiger partial charge in [-0.2, -0.15) is 5.26 Å². The third kappa shape index (κ3) is 4.74. The number of nitrogens with zero attached hydrogens (tertiary/aromatic N) is 3. The molecule has 8 nitrogen and oxygen atoms in total. The van der Waals surface area contributed by atoms with Crippen LogP contribution in [0.5, 0.6) is 5.75 Å². The van der Waals surface area contributed by atoms with Crippen molar-refractivity contribution >= 4 is 17.8 Å². The van der Waals surface area contributed by atoms with Gasteiger partial charge in [0.1, 0.15) is 23.7 Å². The maximum atomic E-state index is 14.4. The van der Waals surface area contributed by atoms with Crippen molar-refractivity contribution in [2.24, 2.45) is 5.92 Å². The van der Waals surface area contributed by atoms with Crippen LogP contribution in [-0.4, -0.2) is 52.4 Å². The topological polar surface area (TPSA) is 116 Å². The normalized spacial score (nSPS) is 20.6. The number of hydrogen-bond acceptors (Lipinski definition) is 5.